The van der Waals surface area contributed by atoms with Crippen molar-refractivity contribution in [1.82, 2.24) is 9.61 Å². The number of aliphatic hydroxyl groups excluding tert-OH is 1. The normalized spacial score (nSPS) is 11.3. The molecule has 31 heavy (non-hydrogen) atoms. The van der Waals surface area contributed by atoms with Gasteiger partial charge in [-0.1, -0.05) is 54.6 Å². The summed E-state index contributed by atoms with van der Waals surface area (Å²) in [5.41, 5.74) is 5.44. The van der Waals surface area contributed by atoms with E-state index in [4.69, 9.17) is 5.10 Å². The molecule has 0 aliphatic heterocycles. The van der Waals surface area contributed by atoms with E-state index in [1.54, 1.807) is 12.1 Å². The van der Waals surface area contributed by atoms with Crippen LogP contribution in [0.3, 0.4) is 0 Å². The van der Waals surface area contributed by atoms with E-state index in [0.717, 1.165) is 44.4 Å². The molecule has 5 aromatic rings. The summed E-state index contributed by atoms with van der Waals surface area (Å²) in [6.07, 6.45) is 0.448. The lowest BCUT2D eigenvalue weighted by Crippen LogP contribution is -2.04. The van der Waals surface area contributed by atoms with Crippen LogP contribution in [-0.4, -0.2) is 26.3 Å². The number of benzene rings is 3. The van der Waals surface area contributed by atoms with E-state index in [0.29, 0.717) is 6.42 Å². The Bertz CT molecular complexity index is 1410. The van der Waals surface area contributed by atoms with Crippen molar-refractivity contribution in [2.24, 2.45) is 0 Å². The molecule has 0 fully saturated rings. The zero-order valence-corrected chi connectivity index (χ0v) is 16.6. The van der Waals surface area contributed by atoms with Crippen LogP contribution in [0.5, 0.6) is 0 Å². The van der Waals surface area contributed by atoms with Crippen LogP contribution < -0.4 is 0 Å². The summed E-state index contributed by atoms with van der Waals surface area (Å²) in [5, 5.41) is 27.9. The number of aliphatic hydroxyl groups is 1. The fraction of sp³-hybridized carbons (Fsp3) is 0.0800. The Balaban J connectivity index is 1.87. The van der Waals surface area contributed by atoms with E-state index in [1.165, 1.54) is 12.1 Å². The minimum atomic E-state index is -0.407. The van der Waals surface area contributed by atoms with Crippen LogP contribution >= 0.6 is 0 Å². The van der Waals surface area contributed by atoms with Gasteiger partial charge in [0.15, 0.2) is 0 Å². The zero-order chi connectivity index (χ0) is 21.4. The van der Waals surface area contributed by atoms with Gasteiger partial charge in [-0.3, -0.25) is 10.1 Å². The van der Waals surface area contributed by atoms with Gasteiger partial charge in [0.25, 0.3) is 5.69 Å². The van der Waals surface area contributed by atoms with Gasteiger partial charge in [-0.05, 0) is 35.6 Å². The Morgan fingerprint density at radius 3 is 2.23 bits per heavy atom. The monoisotopic (exact) mass is 409 g/mol. The van der Waals surface area contributed by atoms with Crippen molar-refractivity contribution in [3.63, 3.8) is 0 Å². The van der Waals surface area contributed by atoms with Crippen LogP contribution in [0, 0.1) is 10.1 Å². The number of hydrogen-bond acceptors (Lipinski definition) is 4. The third kappa shape index (κ3) is 3.23. The highest BCUT2D eigenvalue weighted by molar-refractivity contribution is 6.02. The molecule has 6 heteroatoms. The second-order valence-corrected chi connectivity index (χ2v) is 7.34. The van der Waals surface area contributed by atoms with Crippen LogP contribution in [0.15, 0.2) is 84.9 Å². The standard InChI is InChI=1S/C25H19N3O3/c29-15-14-22-20-8-4-5-9-21(20)24-16-23(17-6-2-1-3-7-17)26-27(24)25(22)18-10-12-19(13-11-18)28(30)31/h1-13,16,29H,14-15H2. The van der Waals surface area contributed by atoms with Crippen LogP contribution in [0.2, 0.25) is 0 Å². The quantitative estimate of drug-likeness (QED) is 0.317. The summed E-state index contributed by atoms with van der Waals surface area (Å²) in [7, 11) is 0. The molecule has 0 aliphatic carbocycles. The maximum absolute atomic E-state index is 11.1. The predicted molar refractivity (Wildman–Crippen MR) is 121 cm³/mol. The van der Waals surface area contributed by atoms with Gasteiger partial charge in [0.1, 0.15) is 0 Å². The molecular weight excluding hydrogens is 390 g/mol. The molecule has 0 amide bonds. The van der Waals surface area contributed by atoms with E-state index < -0.39 is 4.92 Å². The molecule has 0 spiro atoms. The summed E-state index contributed by atoms with van der Waals surface area (Å²) in [6, 6.07) is 26.6. The fourth-order valence-corrected chi connectivity index (χ4v) is 4.12. The summed E-state index contributed by atoms with van der Waals surface area (Å²) in [5.74, 6) is 0. The highest BCUT2D eigenvalue weighted by Gasteiger charge is 2.19. The van der Waals surface area contributed by atoms with Gasteiger partial charge in [-0.15, -0.1) is 0 Å². The molecule has 1 N–H and O–H groups in total. The van der Waals surface area contributed by atoms with Crippen molar-refractivity contribution in [2.75, 3.05) is 6.61 Å². The minimum Gasteiger partial charge on any atom is -0.396 e. The Morgan fingerprint density at radius 2 is 1.55 bits per heavy atom. The lowest BCUT2D eigenvalue weighted by atomic mass is 9.96. The third-order valence-corrected chi connectivity index (χ3v) is 5.52. The van der Waals surface area contributed by atoms with Gasteiger partial charge in [0.2, 0.25) is 0 Å². The first-order valence-corrected chi connectivity index (χ1v) is 10.0. The maximum Gasteiger partial charge on any atom is 0.269 e. The molecule has 6 nitrogen and oxygen atoms in total. The lowest BCUT2D eigenvalue weighted by molar-refractivity contribution is -0.384. The van der Waals surface area contributed by atoms with Gasteiger partial charge in [-0.2, -0.15) is 5.10 Å². The summed E-state index contributed by atoms with van der Waals surface area (Å²) in [6.45, 7) is -0.0116. The largest absolute Gasteiger partial charge is 0.396 e. The molecule has 0 radical (unpaired) electrons. The summed E-state index contributed by atoms with van der Waals surface area (Å²) in [4.78, 5) is 10.7. The van der Waals surface area contributed by atoms with Crippen molar-refractivity contribution in [3.8, 4) is 22.5 Å². The van der Waals surface area contributed by atoms with Gasteiger partial charge >= 0.3 is 0 Å². The number of nitro groups is 1. The van der Waals surface area contributed by atoms with E-state index in [1.807, 2.05) is 53.0 Å². The molecular formula is C25H19N3O3. The molecule has 2 heterocycles. The van der Waals surface area contributed by atoms with E-state index in [2.05, 4.69) is 12.1 Å². The molecule has 0 saturated carbocycles. The van der Waals surface area contributed by atoms with E-state index in [9.17, 15) is 15.2 Å². The molecule has 3 aromatic carbocycles. The molecule has 0 atom stereocenters. The topological polar surface area (TPSA) is 80.7 Å². The highest BCUT2D eigenvalue weighted by Crippen LogP contribution is 2.36. The van der Waals surface area contributed by atoms with Crippen LogP contribution in [0.25, 0.3) is 38.8 Å². The van der Waals surface area contributed by atoms with Crippen molar-refractivity contribution in [3.05, 3.63) is 101 Å². The number of aromatic nitrogens is 2. The number of non-ortho nitro benzene ring substituents is 1. The number of rotatable bonds is 5. The second kappa shape index (κ2) is 7.66. The summed E-state index contributed by atoms with van der Waals surface area (Å²) < 4.78 is 1.90. The first kappa shape index (κ1) is 19.0. The van der Waals surface area contributed by atoms with Crippen LogP contribution in [0.1, 0.15) is 5.56 Å². The number of pyridine rings is 1. The molecule has 0 bridgehead atoms. The minimum absolute atomic E-state index is 0.0116. The zero-order valence-electron chi connectivity index (χ0n) is 16.6. The molecule has 5 rings (SSSR count). The van der Waals surface area contributed by atoms with E-state index >= 15 is 0 Å². The number of hydrogen-bond donors (Lipinski definition) is 1. The number of fused-ring (bicyclic) bond motifs is 3. The Hall–Kier alpha value is -4.03. The van der Waals surface area contributed by atoms with Gasteiger partial charge < -0.3 is 5.11 Å². The average Bonchev–Trinajstić information content (AvgIpc) is 3.25. The fourth-order valence-electron chi connectivity index (χ4n) is 4.12. The number of nitro benzene ring substituents is 1. The van der Waals surface area contributed by atoms with Crippen LogP contribution in [-0.2, 0) is 6.42 Å². The second-order valence-electron chi connectivity index (χ2n) is 7.34. The predicted octanol–water partition coefficient (Wildman–Crippen LogP) is 5.26. The molecule has 2 aromatic heterocycles. The SMILES string of the molecule is O=[N+]([O-])c1ccc(-c2c(CCO)c3ccccc3c3cc(-c4ccccc4)nn23)cc1. The van der Waals surface area contributed by atoms with Crippen molar-refractivity contribution in [2.45, 2.75) is 6.42 Å². The molecule has 0 aliphatic rings. The van der Waals surface area contributed by atoms with Crippen molar-refractivity contribution < 1.29 is 10.0 Å². The summed E-state index contributed by atoms with van der Waals surface area (Å²) >= 11 is 0. The first-order chi connectivity index (χ1) is 15.2. The molecule has 0 unspecified atom stereocenters. The van der Waals surface area contributed by atoms with Crippen molar-refractivity contribution >= 4 is 22.0 Å². The number of nitrogens with zero attached hydrogens (tertiary/aromatic N) is 3. The van der Waals surface area contributed by atoms with Gasteiger partial charge in [-0.25, -0.2) is 4.52 Å². The van der Waals surface area contributed by atoms with Crippen molar-refractivity contribution in [1.29, 1.82) is 0 Å². The Labute approximate surface area is 178 Å². The smallest absolute Gasteiger partial charge is 0.269 e. The average molecular weight is 409 g/mol. The third-order valence-electron chi connectivity index (χ3n) is 5.52. The Kier molecular flexibility index (Phi) is 4.69. The van der Waals surface area contributed by atoms with Crippen LogP contribution in [0.4, 0.5) is 5.69 Å². The van der Waals surface area contributed by atoms with E-state index in [-0.39, 0.29) is 12.3 Å². The maximum atomic E-state index is 11.1. The highest BCUT2D eigenvalue weighted by atomic mass is 16.6. The molecule has 152 valence electrons. The first-order valence-electron chi connectivity index (χ1n) is 10.0. The van der Waals surface area contributed by atoms with Gasteiger partial charge in [0, 0.05) is 35.3 Å². The Morgan fingerprint density at radius 1 is 0.871 bits per heavy atom. The molecule has 0 saturated heterocycles. The van der Waals surface area contributed by atoms with Gasteiger partial charge in [0.05, 0.1) is 21.8 Å². The lowest BCUT2D eigenvalue weighted by Gasteiger charge is -2.15.